The van der Waals surface area contributed by atoms with E-state index in [1.165, 1.54) is 18.2 Å². The van der Waals surface area contributed by atoms with Crippen LogP contribution in [0.3, 0.4) is 0 Å². The lowest BCUT2D eigenvalue weighted by Gasteiger charge is -2.18. The first kappa shape index (κ1) is 14.0. The number of alkyl halides is 3. The van der Waals surface area contributed by atoms with Gasteiger partial charge < -0.3 is 10.0 Å². The van der Waals surface area contributed by atoms with Gasteiger partial charge in [0.05, 0.1) is 0 Å². The molecule has 0 radical (unpaired) electrons. The number of phenols is 1. The predicted molar refractivity (Wildman–Crippen MR) is 63.1 cm³/mol. The summed E-state index contributed by atoms with van der Waals surface area (Å²) in [6.45, 7) is -0.0405. The summed E-state index contributed by atoms with van der Waals surface area (Å²) in [5, 5.41) is 10.1. The number of carbonyl (C=O) groups is 1. The van der Waals surface area contributed by atoms with Gasteiger partial charge in [0.25, 0.3) is 0 Å². The molecule has 1 aromatic rings. The minimum Gasteiger partial charge on any atom is -0.508 e. The summed E-state index contributed by atoms with van der Waals surface area (Å²) in [6.07, 6.45) is -4.49. The third-order valence-corrected chi connectivity index (χ3v) is 3.38. The van der Waals surface area contributed by atoms with Gasteiger partial charge in [0.1, 0.15) is 5.75 Å². The van der Waals surface area contributed by atoms with Crippen LogP contribution < -0.4 is 0 Å². The third kappa shape index (κ3) is 2.94. The number of hydrogen-bond donors (Lipinski definition) is 1. The number of nitrogens with zero attached hydrogens (tertiary/aromatic N) is 1. The predicted octanol–water partition coefficient (Wildman–Crippen LogP) is 2.92. The molecule has 1 amide bonds. The van der Waals surface area contributed by atoms with Gasteiger partial charge in [-0.05, 0) is 24.6 Å². The molecule has 1 fully saturated rings. The Kier molecular flexibility index (Phi) is 3.62. The highest BCUT2D eigenvalue weighted by Crippen LogP contribution is 2.35. The Balaban J connectivity index is 2.14. The van der Waals surface area contributed by atoms with Crippen molar-refractivity contribution < 1.29 is 23.1 Å². The van der Waals surface area contributed by atoms with Crippen molar-refractivity contribution in [2.24, 2.45) is 0 Å². The molecule has 19 heavy (non-hydrogen) atoms. The van der Waals surface area contributed by atoms with Crippen LogP contribution >= 0.6 is 11.6 Å². The average molecular weight is 294 g/mol. The maximum absolute atomic E-state index is 12.3. The van der Waals surface area contributed by atoms with Crippen LogP contribution in [0.5, 0.6) is 5.75 Å². The third-order valence-electron chi connectivity index (χ3n) is 3.15. The van der Waals surface area contributed by atoms with Crippen LogP contribution in [0.4, 0.5) is 13.2 Å². The molecule has 2 rings (SSSR count). The van der Waals surface area contributed by atoms with Gasteiger partial charge in [0, 0.05) is 29.6 Å². The molecule has 1 N–H and O–H groups in total. The van der Waals surface area contributed by atoms with Gasteiger partial charge in [-0.3, -0.25) is 4.79 Å². The topological polar surface area (TPSA) is 40.5 Å². The molecule has 0 aromatic heterocycles. The van der Waals surface area contributed by atoms with Gasteiger partial charge in [0.2, 0.25) is 0 Å². The van der Waals surface area contributed by atoms with Crippen molar-refractivity contribution in [3.63, 3.8) is 0 Å². The smallest absolute Gasteiger partial charge is 0.471 e. The lowest BCUT2D eigenvalue weighted by atomic mass is 9.97. The van der Waals surface area contributed by atoms with Crippen molar-refractivity contribution in [3.05, 3.63) is 28.8 Å². The summed E-state index contributed by atoms with van der Waals surface area (Å²) >= 11 is 5.80. The molecule has 104 valence electrons. The molecule has 1 heterocycles. The van der Waals surface area contributed by atoms with Crippen molar-refractivity contribution in [1.29, 1.82) is 0 Å². The second-order valence-corrected chi connectivity index (χ2v) is 4.87. The van der Waals surface area contributed by atoms with Gasteiger partial charge >= 0.3 is 12.1 Å². The highest BCUT2D eigenvalue weighted by molar-refractivity contribution is 6.30. The monoisotopic (exact) mass is 293 g/mol. The number of phenolic OH excluding ortho intramolecular Hbond substituents is 1. The minimum atomic E-state index is -4.86. The van der Waals surface area contributed by atoms with E-state index in [0.29, 0.717) is 17.0 Å². The van der Waals surface area contributed by atoms with Crippen molar-refractivity contribution >= 4 is 17.5 Å². The average Bonchev–Trinajstić information content (AvgIpc) is 2.79. The van der Waals surface area contributed by atoms with Gasteiger partial charge in [0.15, 0.2) is 0 Å². The molecule has 3 nitrogen and oxygen atoms in total. The number of rotatable bonds is 1. The second kappa shape index (κ2) is 4.92. The fourth-order valence-corrected chi connectivity index (χ4v) is 2.41. The van der Waals surface area contributed by atoms with E-state index in [2.05, 4.69) is 0 Å². The number of likely N-dealkylation sites (tertiary alicyclic amines) is 1. The molecule has 1 saturated heterocycles. The van der Waals surface area contributed by atoms with E-state index in [0.717, 1.165) is 4.90 Å². The maximum Gasteiger partial charge on any atom is 0.471 e. The molecule has 0 saturated carbocycles. The summed E-state index contributed by atoms with van der Waals surface area (Å²) in [5.41, 5.74) is 0.477. The van der Waals surface area contributed by atoms with Crippen LogP contribution in [0.15, 0.2) is 18.2 Å². The molecule has 7 heteroatoms. The Morgan fingerprint density at radius 3 is 2.74 bits per heavy atom. The second-order valence-electron chi connectivity index (χ2n) is 4.44. The summed E-state index contributed by atoms with van der Waals surface area (Å²) in [4.78, 5) is 11.9. The van der Waals surface area contributed by atoms with E-state index >= 15 is 0 Å². The van der Waals surface area contributed by atoms with E-state index in [-0.39, 0.29) is 24.8 Å². The van der Waals surface area contributed by atoms with Crippen LogP contribution in [0.2, 0.25) is 5.02 Å². The largest absolute Gasteiger partial charge is 0.508 e. The first-order chi connectivity index (χ1) is 8.79. The quantitative estimate of drug-likeness (QED) is 0.865. The highest BCUT2D eigenvalue weighted by Gasteiger charge is 2.44. The van der Waals surface area contributed by atoms with Crippen molar-refractivity contribution in [3.8, 4) is 5.75 Å². The molecular formula is C12H11ClF3NO2. The van der Waals surface area contributed by atoms with E-state index in [1.54, 1.807) is 0 Å². The zero-order valence-electron chi connectivity index (χ0n) is 9.75. The maximum atomic E-state index is 12.3. The Bertz CT molecular complexity index is 504. The van der Waals surface area contributed by atoms with Crippen molar-refractivity contribution in [2.75, 3.05) is 13.1 Å². The van der Waals surface area contributed by atoms with Crippen molar-refractivity contribution in [1.82, 2.24) is 4.90 Å². The Labute approximate surface area is 112 Å². The fraction of sp³-hybridized carbons (Fsp3) is 0.417. The van der Waals surface area contributed by atoms with E-state index < -0.39 is 12.1 Å². The molecule has 1 aliphatic heterocycles. The first-order valence-corrected chi connectivity index (χ1v) is 6.01. The molecule has 0 bridgehead atoms. The standard InChI is InChI=1S/C12H11ClF3NO2/c13-8-1-2-10(18)9(5-8)7-3-4-17(6-7)11(19)12(14,15)16/h1-2,5,7,18H,3-4,6H2. The molecule has 1 unspecified atom stereocenters. The molecule has 1 aliphatic rings. The number of halogens is 4. The first-order valence-electron chi connectivity index (χ1n) is 5.63. The number of amides is 1. The lowest BCUT2D eigenvalue weighted by Crippen LogP contribution is -2.39. The molecule has 0 spiro atoms. The summed E-state index contributed by atoms with van der Waals surface area (Å²) in [6, 6.07) is 4.41. The summed E-state index contributed by atoms with van der Waals surface area (Å²) in [5.74, 6) is -2.18. The molecular weight excluding hydrogens is 283 g/mol. The van der Waals surface area contributed by atoms with Gasteiger partial charge in [-0.1, -0.05) is 11.6 Å². The zero-order chi connectivity index (χ0) is 14.2. The van der Waals surface area contributed by atoms with Gasteiger partial charge in [-0.2, -0.15) is 13.2 Å². The highest BCUT2D eigenvalue weighted by atomic mass is 35.5. The number of carbonyl (C=O) groups excluding carboxylic acids is 1. The number of hydrogen-bond acceptors (Lipinski definition) is 2. The van der Waals surface area contributed by atoms with Crippen LogP contribution in [-0.4, -0.2) is 35.2 Å². The normalized spacial score (nSPS) is 19.8. The summed E-state index contributed by atoms with van der Waals surface area (Å²) < 4.78 is 36.9. The van der Waals surface area contributed by atoms with Crippen LogP contribution in [0.25, 0.3) is 0 Å². The Morgan fingerprint density at radius 1 is 1.42 bits per heavy atom. The Hall–Kier alpha value is -1.43. The molecule has 1 atom stereocenters. The Morgan fingerprint density at radius 2 is 2.11 bits per heavy atom. The van der Waals surface area contributed by atoms with Crippen molar-refractivity contribution in [2.45, 2.75) is 18.5 Å². The SMILES string of the molecule is O=C(N1CCC(c2cc(Cl)ccc2O)C1)C(F)(F)F. The van der Waals surface area contributed by atoms with Crippen LogP contribution in [0, 0.1) is 0 Å². The molecule has 0 aliphatic carbocycles. The zero-order valence-corrected chi connectivity index (χ0v) is 10.5. The van der Waals surface area contributed by atoms with Crippen LogP contribution in [0.1, 0.15) is 17.9 Å². The minimum absolute atomic E-state index is 0.0179. The number of aromatic hydroxyl groups is 1. The van der Waals surface area contributed by atoms with Gasteiger partial charge in [-0.15, -0.1) is 0 Å². The van der Waals surface area contributed by atoms with E-state index in [4.69, 9.17) is 11.6 Å². The fourth-order valence-electron chi connectivity index (χ4n) is 2.23. The molecule has 1 aromatic carbocycles. The number of benzene rings is 1. The van der Waals surface area contributed by atoms with E-state index in [1.807, 2.05) is 0 Å². The van der Waals surface area contributed by atoms with E-state index in [9.17, 15) is 23.1 Å². The van der Waals surface area contributed by atoms with Crippen LogP contribution in [-0.2, 0) is 4.79 Å². The summed E-state index contributed by atoms with van der Waals surface area (Å²) in [7, 11) is 0. The lowest BCUT2D eigenvalue weighted by molar-refractivity contribution is -0.184. The van der Waals surface area contributed by atoms with Gasteiger partial charge in [-0.25, -0.2) is 0 Å².